The Balaban J connectivity index is 1.82. The molecule has 0 unspecified atom stereocenters. The van der Waals surface area contributed by atoms with Crippen molar-refractivity contribution in [3.05, 3.63) is 45.8 Å². The first-order chi connectivity index (χ1) is 14.3. The van der Waals surface area contributed by atoms with Crippen LogP contribution in [0.2, 0.25) is 0 Å². The van der Waals surface area contributed by atoms with Crippen LogP contribution in [0.4, 0.5) is 17.6 Å². The molecule has 0 saturated heterocycles. The van der Waals surface area contributed by atoms with Crippen LogP contribution in [-0.4, -0.2) is 19.5 Å². The average Bonchev–Trinajstić information content (AvgIpc) is 3.35. The van der Waals surface area contributed by atoms with Crippen molar-refractivity contribution >= 4 is 11.2 Å². The molecule has 3 aromatic rings. The average molecular weight is 424 g/mol. The summed E-state index contributed by atoms with van der Waals surface area (Å²) >= 11 is 0. The first-order valence-corrected chi connectivity index (χ1v) is 9.83. The van der Waals surface area contributed by atoms with E-state index in [1.165, 1.54) is 4.57 Å². The zero-order valence-electron chi connectivity index (χ0n) is 16.2. The number of nitrogens with one attached hydrogen (secondary N) is 1. The third-order valence-corrected chi connectivity index (χ3v) is 5.23. The molecule has 10 heteroatoms. The molecule has 1 fully saturated rings. The van der Waals surface area contributed by atoms with Crippen molar-refractivity contribution in [3.63, 3.8) is 0 Å². The van der Waals surface area contributed by atoms with Crippen LogP contribution < -0.4 is 10.3 Å². The van der Waals surface area contributed by atoms with Gasteiger partial charge in [0, 0.05) is 12.5 Å². The summed E-state index contributed by atoms with van der Waals surface area (Å²) < 4.78 is 60.0. The smallest absolute Gasteiger partial charge is 0.420 e. The van der Waals surface area contributed by atoms with E-state index in [1.54, 1.807) is 0 Å². The molecule has 0 spiro atoms. The first kappa shape index (κ1) is 20.4. The van der Waals surface area contributed by atoms with E-state index in [0.29, 0.717) is 18.3 Å². The first-order valence-electron chi connectivity index (χ1n) is 9.83. The van der Waals surface area contributed by atoms with Crippen LogP contribution >= 0.6 is 0 Å². The number of rotatable bonds is 5. The monoisotopic (exact) mass is 424 g/mol. The topological polar surface area (TPSA) is 72.8 Å². The van der Waals surface area contributed by atoms with Gasteiger partial charge in [-0.1, -0.05) is 19.8 Å². The fourth-order valence-electron chi connectivity index (χ4n) is 3.79. The molecule has 0 atom stereocenters. The van der Waals surface area contributed by atoms with Crippen molar-refractivity contribution in [2.24, 2.45) is 0 Å². The molecule has 0 aliphatic heterocycles. The van der Waals surface area contributed by atoms with Gasteiger partial charge in [-0.05, 0) is 37.5 Å². The summed E-state index contributed by atoms with van der Waals surface area (Å²) in [4.78, 5) is 24.7. The number of hydrogen-bond acceptors (Lipinski definition) is 4. The normalized spacial score (nSPS) is 15.2. The van der Waals surface area contributed by atoms with E-state index in [2.05, 4.69) is 15.0 Å². The maximum absolute atomic E-state index is 13.4. The van der Waals surface area contributed by atoms with Gasteiger partial charge in [-0.15, -0.1) is 0 Å². The molecular weight excluding hydrogens is 404 g/mol. The predicted molar refractivity (Wildman–Crippen MR) is 101 cm³/mol. The van der Waals surface area contributed by atoms with Crippen molar-refractivity contribution in [2.45, 2.75) is 57.7 Å². The van der Waals surface area contributed by atoms with Crippen molar-refractivity contribution < 1.29 is 22.3 Å². The maximum atomic E-state index is 13.4. The third kappa shape index (κ3) is 3.78. The number of aromatic nitrogens is 4. The molecule has 1 aromatic carbocycles. The van der Waals surface area contributed by atoms with Gasteiger partial charge < -0.3 is 9.72 Å². The van der Waals surface area contributed by atoms with Gasteiger partial charge in [0.15, 0.2) is 11.2 Å². The molecule has 0 bridgehead atoms. The maximum Gasteiger partial charge on any atom is 0.420 e. The van der Waals surface area contributed by atoms with Crippen molar-refractivity contribution in [3.8, 4) is 11.8 Å². The molecule has 1 aliphatic rings. The lowest BCUT2D eigenvalue weighted by Crippen LogP contribution is -2.23. The predicted octanol–water partition coefficient (Wildman–Crippen LogP) is 5.14. The van der Waals surface area contributed by atoms with Crippen molar-refractivity contribution in [1.82, 2.24) is 19.5 Å². The molecule has 0 amide bonds. The highest BCUT2D eigenvalue weighted by molar-refractivity contribution is 5.70. The highest BCUT2D eigenvalue weighted by atomic mass is 19.4. The fraction of sp³-hybridized carbons (Fsp3) is 0.450. The third-order valence-electron chi connectivity index (χ3n) is 5.23. The lowest BCUT2D eigenvalue weighted by molar-refractivity contribution is -0.138. The number of ether oxygens (including phenoxy) is 1. The van der Waals surface area contributed by atoms with Gasteiger partial charge in [-0.25, -0.2) is 9.37 Å². The minimum Gasteiger partial charge on any atom is -0.425 e. The fourth-order valence-corrected chi connectivity index (χ4v) is 3.79. The van der Waals surface area contributed by atoms with Gasteiger partial charge >= 0.3 is 12.2 Å². The SMILES string of the molecule is CCCn1c(Oc2ccc(F)cc2C(F)(F)F)nc2nc(C3CCCC3)[nH]c2c1=O. The Kier molecular flexibility index (Phi) is 5.25. The van der Waals surface area contributed by atoms with Crippen molar-refractivity contribution in [2.75, 3.05) is 0 Å². The second-order valence-corrected chi connectivity index (χ2v) is 7.39. The number of imidazole rings is 1. The van der Waals surface area contributed by atoms with Gasteiger partial charge in [0.1, 0.15) is 23.0 Å². The largest absolute Gasteiger partial charge is 0.425 e. The van der Waals surface area contributed by atoms with E-state index >= 15 is 0 Å². The van der Waals surface area contributed by atoms with Crippen LogP contribution in [0.25, 0.3) is 11.2 Å². The van der Waals surface area contributed by atoms with Crippen LogP contribution in [0.1, 0.15) is 56.3 Å². The van der Waals surface area contributed by atoms with Gasteiger partial charge in [0.25, 0.3) is 5.56 Å². The molecule has 2 aromatic heterocycles. The molecule has 2 heterocycles. The highest BCUT2D eigenvalue weighted by Gasteiger charge is 2.35. The van der Waals surface area contributed by atoms with Crippen LogP contribution in [-0.2, 0) is 12.7 Å². The minimum absolute atomic E-state index is 0.0972. The summed E-state index contributed by atoms with van der Waals surface area (Å²) in [5.74, 6) is -0.814. The summed E-state index contributed by atoms with van der Waals surface area (Å²) in [6.07, 6.45) is -0.238. The molecule has 160 valence electrons. The molecular formula is C20H20F4N4O2. The Morgan fingerprint density at radius 2 is 1.97 bits per heavy atom. The van der Waals surface area contributed by atoms with Crippen LogP contribution in [0, 0.1) is 5.82 Å². The highest BCUT2D eigenvalue weighted by Crippen LogP contribution is 2.38. The van der Waals surface area contributed by atoms with Crippen LogP contribution in [0.15, 0.2) is 23.0 Å². The number of hydrogen-bond donors (Lipinski definition) is 1. The number of fused-ring (bicyclic) bond motifs is 1. The van der Waals surface area contributed by atoms with Crippen LogP contribution in [0.5, 0.6) is 11.8 Å². The molecule has 1 aliphatic carbocycles. The van der Waals surface area contributed by atoms with Crippen molar-refractivity contribution in [1.29, 1.82) is 0 Å². The zero-order valence-corrected chi connectivity index (χ0v) is 16.2. The lowest BCUT2D eigenvalue weighted by atomic mass is 10.1. The van der Waals surface area contributed by atoms with Crippen LogP contribution in [0.3, 0.4) is 0 Å². The number of aromatic amines is 1. The van der Waals surface area contributed by atoms with E-state index in [0.717, 1.165) is 37.8 Å². The van der Waals surface area contributed by atoms with E-state index in [1.807, 2.05) is 6.92 Å². The molecule has 6 nitrogen and oxygen atoms in total. The quantitative estimate of drug-likeness (QED) is 0.576. The number of alkyl halides is 3. The van der Waals surface area contributed by atoms with Gasteiger partial charge in [-0.3, -0.25) is 9.36 Å². The van der Waals surface area contributed by atoms with E-state index in [-0.39, 0.29) is 29.6 Å². The number of nitrogens with zero attached hydrogens (tertiary/aromatic N) is 3. The molecule has 0 radical (unpaired) electrons. The van der Waals surface area contributed by atoms with Gasteiger partial charge in [-0.2, -0.15) is 18.2 Å². The Hall–Kier alpha value is -2.91. The Bertz CT molecular complexity index is 1130. The number of benzene rings is 1. The molecule has 1 saturated carbocycles. The summed E-state index contributed by atoms with van der Waals surface area (Å²) in [6.45, 7) is 2.01. The minimum atomic E-state index is -4.83. The standard InChI is InChI=1S/C20H20F4N4O2/c1-2-9-28-18(29)15-17(26-16(25-15)11-5-3-4-6-11)27-19(28)30-14-8-7-12(21)10-13(14)20(22,23)24/h7-8,10-11H,2-6,9H2,1H3,(H,25,26). The zero-order chi connectivity index (χ0) is 21.5. The van der Waals surface area contributed by atoms with E-state index < -0.39 is 28.9 Å². The molecule has 30 heavy (non-hydrogen) atoms. The molecule has 1 N–H and O–H groups in total. The lowest BCUT2D eigenvalue weighted by Gasteiger charge is -2.15. The summed E-state index contributed by atoms with van der Waals surface area (Å²) in [5, 5.41) is 0. The van der Waals surface area contributed by atoms with Gasteiger partial charge in [0.2, 0.25) is 0 Å². The van der Waals surface area contributed by atoms with E-state index in [4.69, 9.17) is 4.74 Å². The number of halogens is 4. The second kappa shape index (κ2) is 7.73. The summed E-state index contributed by atoms with van der Waals surface area (Å²) in [6, 6.07) is 1.77. The van der Waals surface area contributed by atoms with E-state index in [9.17, 15) is 22.4 Å². The molecule has 4 rings (SSSR count). The summed E-state index contributed by atoms with van der Waals surface area (Å²) in [7, 11) is 0. The second-order valence-electron chi connectivity index (χ2n) is 7.39. The summed E-state index contributed by atoms with van der Waals surface area (Å²) in [5.41, 5.74) is -1.45. The van der Waals surface area contributed by atoms with Gasteiger partial charge in [0.05, 0.1) is 0 Å². The number of H-pyrrole nitrogens is 1. The Morgan fingerprint density at radius 1 is 1.23 bits per heavy atom. The Labute approximate surface area is 168 Å². The Morgan fingerprint density at radius 3 is 2.63 bits per heavy atom.